The maximum Gasteiger partial charge on any atom is 0.410 e. The topological polar surface area (TPSA) is 213 Å². The van der Waals surface area contributed by atoms with Crippen molar-refractivity contribution in [1.82, 2.24) is 40.4 Å². The van der Waals surface area contributed by atoms with Crippen LogP contribution < -0.4 is 10.6 Å². The molecule has 0 radical (unpaired) electrons. The average Bonchev–Trinajstić information content (AvgIpc) is 4.15. The minimum absolute atomic E-state index is 0.104. The van der Waals surface area contributed by atoms with Crippen LogP contribution in [0.15, 0.2) is 134 Å². The van der Waals surface area contributed by atoms with Crippen LogP contribution in [0.4, 0.5) is 4.79 Å². The number of carbonyl (C=O) groups excluding carboxylic acids is 4. The van der Waals surface area contributed by atoms with E-state index < -0.39 is 12.0 Å². The van der Waals surface area contributed by atoms with E-state index in [9.17, 15) is 19.2 Å². The average molecular weight is 1120 g/mol. The van der Waals surface area contributed by atoms with Gasteiger partial charge in [0.2, 0.25) is 17.7 Å². The molecule has 15 nitrogen and oxygen atoms in total. The molecule has 2 aromatic heterocycles. The number of carbonyl (C=O) groups is 4. The Hall–Kier alpha value is -8.24. The summed E-state index contributed by atoms with van der Waals surface area (Å²) in [6, 6.07) is 37.9. The molecule has 1 unspecified atom stereocenters. The van der Waals surface area contributed by atoms with Gasteiger partial charge in [-0.1, -0.05) is 155 Å². The van der Waals surface area contributed by atoms with Gasteiger partial charge in [0.05, 0.1) is 45.6 Å². The first-order chi connectivity index (χ1) is 38.5. The maximum atomic E-state index is 13.5. The minimum atomic E-state index is -0.479. The molecular weight excluding hydrogens is 1050 g/mol. The Balaban J connectivity index is 0.000000261. The zero-order chi connectivity index (χ0) is 57.7. The zero-order valence-corrected chi connectivity index (χ0v) is 47.8. The lowest BCUT2D eigenvalue weighted by atomic mass is 9.96. The van der Waals surface area contributed by atoms with Crippen LogP contribution in [-0.2, 0) is 51.5 Å². The third-order valence-electron chi connectivity index (χ3n) is 14.3. The number of imidazole rings is 2. The Morgan fingerprint density at radius 1 is 0.713 bits per heavy atom. The number of benzene rings is 5. The quantitative estimate of drug-likeness (QED) is 0.0423. The molecule has 0 bridgehead atoms. The van der Waals surface area contributed by atoms with Crippen molar-refractivity contribution in [2.75, 3.05) is 19.7 Å². The lowest BCUT2D eigenvalue weighted by Crippen LogP contribution is -2.49. The van der Waals surface area contributed by atoms with Gasteiger partial charge in [0.25, 0.3) is 0 Å². The summed E-state index contributed by atoms with van der Waals surface area (Å²) in [5.41, 5.74) is 6.42. The fourth-order valence-corrected chi connectivity index (χ4v) is 9.34. The number of halogens is 2. The Labute approximate surface area is 479 Å². The van der Waals surface area contributed by atoms with Crippen molar-refractivity contribution in [2.45, 2.75) is 105 Å². The van der Waals surface area contributed by atoms with Crippen molar-refractivity contribution in [3.63, 3.8) is 0 Å². The van der Waals surface area contributed by atoms with Gasteiger partial charge in [0, 0.05) is 81.8 Å². The summed E-state index contributed by atoms with van der Waals surface area (Å²) in [6.45, 7) is 16.7. The molecule has 0 spiro atoms. The van der Waals surface area contributed by atoms with E-state index in [0.717, 1.165) is 57.5 Å². The number of H-pyrrole nitrogens is 2. The van der Waals surface area contributed by atoms with E-state index in [1.807, 2.05) is 79.7 Å². The lowest BCUT2D eigenvalue weighted by Gasteiger charge is -2.32. The van der Waals surface area contributed by atoms with E-state index in [0.29, 0.717) is 71.6 Å². The van der Waals surface area contributed by atoms with Gasteiger partial charge in [-0.2, -0.15) is 10.5 Å². The van der Waals surface area contributed by atoms with Crippen LogP contribution in [0.1, 0.15) is 117 Å². The van der Waals surface area contributed by atoms with E-state index in [4.69, 9.17) is 38.5 Å². The molecule has 0 saturated heterocycles. The molecule has 2 heterocycles. The monoisotopic (exact) mass is 1120 g/mol. The Morgan fingerprint density at radius 2 is 1.26 bits per heavy atom. The molecule has 5 aromatic carbocycles. The summed E-state index contributed by atoms with van der Waals surface area (Å²) in [5.74, 6) is 0.844. The molecule has 7 aromatic rings. The summed E-state index contributed by atoms with van der Waals surface area (Å²) < 4.78 is 5.47. The second kappa shape index (κ2) is 30.2. The first-order valence-electron chi connectivity index (χ1n) is 26.8. The number of hydrogen-bond donors (Lipinski definition) is 4. The molecule has 7 rings (SSSR count). The van der Waals surface area contributed by atoms with E-state index in [-0.39, 0.29) is 54.7 Å². The van der Waals surface area contributed by atoms with Gasteiger partial charge in [0.1, 0.15) is 18.3 Å². The molecule has 0 fully saturated rings. The molecule has 5 atom stereocenters. The maximum absolute atomic E-state index is 13.5. The van der Waals surface area contributed by atoms with Crippen LogP contribution in [-0.4, -0.2) is 85.3 Å². The first kappa shape index (κ1) is 61.0. The number of ether oxygens (including phenoxy) is 1. The molecule has 0 aliphatic carbocycles. The fourth-order valence-electron chi connectivity index (χ4n) is 8.96. The van der Waals surface area contributed by atoms with Crippen LogP contribution in [0.5, 0.6) is 0 Å². The Bertz CT molecular complexity index is 3280. The van der Waals surface area contributed by atoms with E-state index in [1.54, 1.807) is 64.7 Å². The molecule has 4 N–H and O–H groups in total. The van der Waals surface area contributed by atoms with Crippen LogP contribution in [0, 0.1) is 34.5 Å². The van der Waals surface area contributed by atoms with Gasteiger partial charge in [-0.05, 0) is 82.1 Å². The van der Waals surface area contributed by atoms with E-state index in [1.165, 1.54) is 6.92 Å². The number of aromatic nitrogens is 4. The van der Waals surface area contributed by atoms with Crippen LogP contribution >= 0.6 is 23.2 Å². The predicted molar refractivity (Wildman–Crippen MR) is 313 cm³/mol. The number of nitriles is 2. The predicted octanol–water partition coefficient (Wildman–Crippen LogP) is 11.8. The smallest absolute Gasteiger partial charge is 0.410 e. The molecule has 17 heteroatoms. The van der Waals surface area contributed by atoms with Gasteiger partial charge in [-0.3, -0.25) is 14.4 Å². The van der Waals surface area contributed by atoms with Crippen molar-refractivity contribution >= 4 is 57.8 Å². The summed E-state index contributed by atoms with van der Waals surface area (Å²) in [5, 5.41) is 27.3. The molecule has 416 valence electrons. The summed E-state index contributed by atoms with van der Waals surface area (Å²) >= 11 is 12.5. The number of nitrogens with one attached hydrogen (secondary N) is 4. The molecule has 0 saturated carbocycles. The second-order valence-electron chi connectivity index (χ2n) is 20.1. The fraction of sp³-hybridized carbons (Fsp3) is 0.333. The molecule has 4 amide bonds. The number of fused-ring (bicyclic) bond motifs is 1. The number of amides is 4. The summed E-state index contributed by atoms with van der Waals surface area (Å²) in [7, 11) is 0. The van der Waals surface area contributed by atoms with Gasteiger partial charge in [-0.15, -0.1) is 0 Å². The van der Waals surface area contributed by atoms with Crippen molar-refractivity contribution in [2.24, 2.45) is 11.8 Å². The lowest BCUT2D eigenvalue weighted by molar-refractivity contribution is -0.131. The molecule has 80 heavy (non-hydrogen) atoms. The largest absolute Gasteiger partial charge is 0.445 e. The Morgan fingerprint density at radius 3 is 1.88 bits per heavy atom. The second-order valence-corrected chi connectivity index (χ2v) is 20.9. The summed E-state index contributed by atoms with van der Waals surface area (Å²) in [4.78, 5) is 70.9. The highest BCUT2D eigenvalue weighted by Gasteiger charge is 2.29. The van der Waals surface area contributed by atoms with Crippen molar-refractivity contribution in [3.05, 3.63) is 201 Å². The normalized spacial score (nSPS) is 12.7. The SMILES string of the molecule is C=CCOC(=O)N(Cc1cccc2ccccc12)C[C@@H](NC(=O)[C@H](C)c1cnc(Cc2ccc(C#N)cc2)[nH]1)C(C)CC.CC[C@H](C)[C@@H](CN(Cc1cccc(Cl)c1Cl)C(C)=O)NC(=O)Cc1cnc(Cc2ccc(C#N)cc2)[nH]1. The third-order valence-corrected chi connectivity index (χ3v) is 15.1. The van der Waals surface area contributed by atoms with Crippen LogP contribution in [0.2, 0.25) is 10.0 Å². The third kappa shape index (κ3) is 17.6. The number of nitrogens with zero attached hydrogens (tertiary/aromatic N) is 6. The molecular formula is C63H70Cl2N10O5. The highest BCUT2D eigenvalue weighted by molar-refractivity contribution is 6.42. The van der Waals surface area contributed by atoms with Crippen LogP contribution in [0.25, 0.3) is 10.8 Å². The van der Waals surface area contributed by atoms with Gasteiger partial charge < -0.3 is 35.1 Å². The van der Waals surface area contributed by atoms with Gasteiger partial charge >= 0.3 is 6.09 Å². The standard InChI is InChI=1S/C35H39N5O3.C28H31Cl2N5O2/c1-5-18-43-35(42)40(22-29-12-9-11-28-10-7-8-13-30(28)29)23-32(24(3)6-2)39-34(41)25(4)31-21-37-33(38-31)19-26-14-16-27(20-36)17-15-26;1-4-18(2)25(17-35(19(3)36)16-22-6-5-7-24(29)28(22)30)34-27(37)13-23-15-32-26(33-23)12-20-8-10-21(14-31)11-9-20/h5,7-17,21,24-25,32H,1,6,18-19,22-23H2,2-4H3,(H,37,38)(H,39,41);5-11,15,18,25H,4,12-13,16-17H2,1-3H3,(H,32,33)(H,34,37)/t24?,25-,32-;18-,25+/m10/s1. The highest BCUT2D eigenvalue weighted by Crippen LogP contribution is 2.28. The minimum Gasteiger partial charge on any atom is -0.445 e. The van der Waals surface area contributed by atoms with Crippen LogP contribution in [0.3, 0.4) is 0 Å². The van der Waals surface area contributed by atoms with Crippen molar-refractivity contribution in [1.29, 1.82) is 10.5 Å². The number of aromatic amines is 2. The van der Waals surface area contributed by atoms with Crippen molar-refractivity contribution < 1.29 is 23.9 Å². The van der Waals surface area contributed by atoms with Gasteiger partial charge in [0.15, 0.2) is 0 Å². The molecule has 0 aliphatic rings. The van der Waals surface area contributed by atoms with E-state index >= 15 is 0 Å². The van der Waals surface area contributed by atoms with E-state index in [2.05, 4.69) is 77.0 Å². The zero-order valence-electron chi connectivity index (χ0n) is 46.3. The first-order valence-corrected chi connectivity index (χ1v) is 27.6. The Kier molecular flexibility index (Phi) is 23.0. The number of hydrogen-bond acceptors (Lipinski definition) is 9. The molecule has 0 aliphatic heterocycles. The number of rotatable bonds is 24. The van der Waals surface area contributed by atoms with Crippen molar-refractivity contribution in [3.8, 4) is 12.1 Å². The highest BCUT2D eigenvalue weighted by atomic mass is 35.5. The summed E-state index contributed by atoms with van der Waals surface area (Å²) in [6.07, 6.45) is 7.39. The van der Waals surface area contributed by atoms with Gasteiger partial charge in [-0.25, -0.2) is 14.8 Å².